The number of nitrogens with zero attached hydrogens (tertiary/aromatic N) is 2. The minimum absolute atomic E-state index is 0.327. The van der Waals surface area contributed by atoms with Crippen molar-refractivity contribution in [1.82, 2.24) is 9.97 Å². The molecule has 1 aromatic carbocycles. The highest BCUT2D eigenvalue weighted by Gasteiger charge is 2.12. The van der Waals surface area contributed by atoms with Crippen LogP contribution < -0.4 is 5.73 Å². The molecule has 0 saturated heterocycles. The highest BCUT2D eigenvalue weighted by molar-refractivity contribution is 5.66. The summed E-state index contributed by atoms with van der Waals surface area (Å²) in [6.07, 6.45) is 2.47. The zero-order valence-electron chi connectivity index (χ0n) is 10.7. The second-order valence-electron chi connectivity index (χ2n) is 4.70. The van der Waals surface area contributed by atoms with Crippen molar-refractivity contribution in [3.63, 3.8) is 0 Å². The van der Waals surface area contributed by atoms with Crippen molar-refractivity contribution in [2.45, 2.75) is 19.3 Å². The Hall–Kier alpha value is -2.36. The molecule has 0 aliphatic heterocycles. The number of rotatable bonds is 3. The maximum atomic E-state index is 5.69. The molecule has 2 heterocycles. The molecule has 96 valence electrons. The molecule has 0 fully saturated rings. The Morgan fingerprint density at radius 3 is 2.74 bits per heavy atom. The number of fused-ring (bicyclic) bond motifs is 1. The first-order valence-electron chi connectivity index (χ1n) is 6.28. The van der Waals surface area contributed by atoms with E-state index in [1.54, 1.807) is 6.20 Å². The minimum atomic E-state index is 0.327. The molecule has 0 saturated carbocycles. The Kier molecular flexibility index (Phi) is 2.91. The predicted octanol–water partition coefficient (Wildman–Crippen LogP) is 3.15. The molecule has 0 aliphatic rings. The summed E-state index contributed by atoms with van der Waals surface area (Å²) in [5.41, 5.74) is 9.10. The molecular formula is C15H15N3O. The van der Waals surface area contributed by atoms with Gasteiger partial charge < -0.3 is 10.2 Å². The van der Waals surface area contributed by atoms with Crippen LogP contribution in [0, 0.1) is 0 Å². The van der Waals surface area contributed by atoms with Crippen LogP contribution >= 0.6 is 0 Å². The summed E-state index contributed by atoms with van der Waals surface area (Å²) in [6, 6.07) is 11.6. The zero-order valence-corrected chi connectivity index (χ0v) is 10.7. The molecular weight excluding hydrogens is 238 g/mol. The molecule has 1 atom stereocenters. The van der Waals surface area contributed by atoms with Crippen LogP contribution in [-0.2, 0) is 6.42 Å². The summed E-state index contributed by atoms with van der Waals surface area (Å²) in [6.45, 7) is 2.15. The number of hydrogen-bond acceptors (Lipinski definition) is 4. The largest absolute Gasteiger partial charge is 0.439 e. The number of hydrogen-bond donors (Lipinski definition) is 1. The van der Waals surface area contributed by atoms with Crippen molar-refractivity contribution in [2.24, 2.45) is 0 Å². The summed E-state index contributed by atoms with van der Waals surface area (Å²) >= 11 is 0. The van der Waals surface area contributed by atoms with E-state index in [-0.39, 0.29) is 0 Å². The quantitative estimate of drug-likeness (QED) is 0.728. The Labute approximate surface area is 111 Å². The molecule has 0 amide bonds. The van der Waals surface area contributed by atoms with Crippen molar-refractivity contribution in [1.29, 1.82) is 0 Å². The zero-order chi connectivity index (χ0) is 13.2. The normalized spacial score (nSPS) is 12.7. The Bertz CT molecular complexity index is 655. The lowest BCUT2D eigenvalue weighted by Gasteiger charge is -2.09. The van der Waals surface area contributed by atoms with Gasteiger partial charge in [-0.15, -0.1) is 0 Å². The van der Waals surface area contributed by atoms with E-state index in [1.807, 2.05) is 36.4 Å². The summed E-state index contributed by atoms with van der Waals surface area (Å²) in [5.74, 6) is 1.05. The van der Waals surface area contributed by atoms with Crippen molar-refractivity contribution >= 4 is 16.9 Å². The number of nitrogen functional groups attached to an aromatic ring is 1. The van der Waals surface area contributed by atoms with Gasteiger partial charge in [-0.3, -0.25) is 0 Å². The molecule has 3 aromatic rings. The Balaban J connectivity index is 1.82. The molecule has 19 heavy (non-hydrogen) atoms. The summed E-state index contributed by atoms with van der Waals surface area (Å²) in [4.78, 5) is 8.57. The fraction of sp³-hybridized carbons (Fsp3) is 0.200. The molecule has 0 spiro atoms. The lowest BCUT2D eigenvalue weighted by atomic mass is 9.98. The summed E-state index contributed by atoms with van der Waals surface area (Å²) in [7, 11) is 0. The highest BCUT2D eigenvalue weighted by Crippen LogP contribution is 2.22. The van der Waals surface area contributed by atoms with E-state index in [1.165, 1.54) is 5.56 Å². The van der Waals surface area contributed by atoms with Gasteiger partial charge in [0.15, 0.2) is 17.1 Å². The first kappa shape index (κ1) is 11.7. The van der Waals surface area contributed by atoms with Crippen LogP contribution in [0.1, 0.15) is 24.3 Å². The van der Waals surface area contributed by atoms with Crippen molar-refractivity contribution in [3.05, 3.63) is 54.0 Å². The van der Waals surface area contributed by atoms with Crippen molar-refractivity contribution in [2.75, 3.05) is 5.73 Å². The number of pyridine rings is 1. The lowest BCUT2D eigenvalue weighted by Crippen LogP contribution is -1.99. The molecule has 0 aliphatic carbocycles. The van der Waals surface area contributed by atoms with Crippen LogP contribution in [0.25, 0.3) is 11.2 Å². The van der Waals surface area contributed by atoms with Crippen LogP contribution in [0.2, 0.25) is 0 Å². The van der Waals surface area contributed by atoms with Crippen LogP contribution in [-0.4, -0.2) is 9.97 Å². The van der Waals surface area contributed by atoms with Gasteiger partial charge >= 0.3 is 0 Å². The average molecular weight is 253 g/mol. The summed E-state index contributed by atoms with van der Waals surface area (Å²) < 4.78 is 5.69. The standard InChI is InChI=1S/C15H15N3O/c1-10(11-4-6-12(16)7-5-11)9-14-18-15-13(19-14)3-2-8-17-15/h2-8,10H,9,16H2,1H3. The monoisotopic (exact) mass is 253 g/mol. The van der Waals surface area contributed by atoms with E-state index < -0.39 is 0 Å². The summed E-state index contributed by atoms with van der Waals surface area (Å²) in [5, 5.41) is 0. The fourth-order valence-corrected chi connectivity index (χ4v) is 2.11. The van der Waals surface area contributed by atoms with E-state index in [4.69, 9.17) is 10.2 Å². The third-order valence-electron chi connectivity index (χ3n) is 3.20. The van der Waals surface area contributed by atoms with Crippen molar-refractivity contribution < 1.29 is 4.42 Å². The maximum absolute atomic E-state index is 5.69. The van der Waals surface area contributed by atoms with Gasteiger partial charge in [-0.05, 0) is 35.7 Å². The first-order chi connectivity index (χ1) is 9.22. The molecule has 4 nitrogen and oxygen atoms in total. The first-order valence-corrected chi connectivity index (χ1v) is 6.28. The van der Waals surface area contributed by atoms with Gasteiger partial charge in [0.25, 0.3) is 0 Å². The van der Waals surface area contributed by atoms with Gasteiger partial charge in [0.1, 0.15) is 0 Å². The number of oxazole rings is 1. The Morgan fingerprint density at radius 2 is 2.00 bits per heavy atom. The Morgan fingerprint density at radius 1 is 1.21 bits per heavy atom. The van der Waals surface area contributed by atoms with E-state index in [2.05, 4.69) is 16.9 Å². The molecule has 3 rings (SSSR count). The van der Waals surface area contributed by atoms with Gasteiger partial charge in [0.2, 0.25) is 0 Å². The molecule has 0 bridgehead atoms. The van der Waals surface area contributed by atoms with Gasteiger partial charge in [-0.2, -0.15) is 4.98 Å². The van der Waals surface area contributed by atoms with Crippen LogP contribution in [0.4, 0.5) is 5.69 Å². The molecule has 0 radical (unpaired) electrons. The SMILES string of the molecule is CC(Cc1nc2ncccc2o1)c1ccc(N)cc1. The third kappa shape index (κ3) is 2.42. The van der Waals surface area contributed by atoms with Crippen LogP contribution in [0.15, 0.2) is 47.0 Å². The molecule has 2 N–H and O–H groups in total. The van der Waals surface area contributed by atoms with Gasteiger partial charge in [-0.25, -0.2) is 4.98 Å². The van der Waals surface area contributed by atoms with Crippen LogP contribution in [0.5, 0.6) is 0 Å². The van der Waals surface area contributed by atoms with Crippen LogP contribution in [0.3, 0.4) is 0 Å². The fourth-order valence-electron chi connectivity index (χ4n) is 2.11. The number of anilines is 1. The molecule has 1 unspecified atom stereocenters. The van der Waals surface area contributed by atoms with E-state index >= 15 is 0 Å². The highest BCUT2D eigenvalue weighted by atomic mass is 16.3. The predicted molar refractivity (Wildman–Crippen MR) is 74.8 cm³/mol. The molecule has 4 heteroatoms. The second kappa shape index (κ2) is 4.72. The van der Waals surface area contributed by atoms with E-state index in [0.29, 0.717) is 11.6 Å². The number of aromatic nitrogens is 2. The van der Waals surface area contributed by atoms with E-state index in [9.17, 15) is 0 Å². The second-order valence-corrected chi connectivity index (χ2v) is 4.70. The topological polar surface area (TPSA) is 64.9 Å². The van der Waals surface area contributed by atoms with Crippen molar-refractivity contribution in [3.8, 4) is 0 Å². The minimum Gasteiger partial charge on any atom is -0.439 e. The third-order valence-corrected chi connectivity index (χ3v) is 3.20. The smallest absolute Gasteiger partial charge is 0.198 e. The van der Waals surface area contributed by atoms with Gasteiger partial charge in [0.05, 0.1) is 0 Å². The number of benzene rings is 1. The van der Waals surface area contributed by atoms with Gasteiger partial charge in [-0.1, -0.05) is 19.1 Å². The lowest BCUT2D eigenvalue weighted by molar-refractivity contribution is 0.508. The average Bonchev–Trinajstić information content (AvgIpc) is 2.81. The van der Waals surface area contributed by atoms with E-state index in [0.717, 1.165) is 23.6 Å². The number of nitrogens with two attached hydrogens (primary N) is 1. The maximum Gasteiger partial charge on any atom is 0.198 e. The van der Waals surface area contributed by atoms with Gasteiger partial charge in [0, 0.05) is 18.3 Å². The molecule has 2 aromatic heterocycles.